The Kier molecular flexibility index (Phi) is 3.35. The lowest BCUT2D eigenvalue weighted by molar-refractivity contribution is 0.267. The number of aromatic nitrogens is 2. The third-order valence-electron chi connectivity index (χ3n) is 3.05. The molecule has 0 saturated carbocycles. The summed E-state index contributed by atoms with van der Waals surface area (Å²) in [5.74, 6) is -0.325. The van der Waals surface area contributed by atoms with Gasteiger partial charge in [-0.1, -0.05) is 20.8 Å². The molecule has 0 aliphatic rings. The zero-order chi connectivity index (χ0) is 11.7. The molecule has 0 aromatic carbocycles. The Hall–Kier alpha value is -0.683. The quantitative estimate of drug-likeness (QED) is 0.810. The van der Waals surface area contributed by atoms with Crippen molar-refractivity contribution in [2.24, 2.45) is 0 Å². The summed E-state index contributed by atoms with van der Waals surface area (Å²) in [5.41, 5.74) is 0.430. The molecule has 0 aliphatic heterocycles. The first-order chi connectivity index (χ1) is 6.74. The standard InChI is InChI=1S/C10H19FN2OSi/c1-10(2,3)15(4,5)14-7-9-8(11)6-12-13-9/h6H,7H2,1-5H3,(H,12,13). The lowest BCUT2D eigenvalue weighted by Gasteiger charge is -2.35. The summed E-state index contributed by atoms with van der Waals surface area (Å²) in [4.78, 5) is 0. The largest absolute Gasteiger partial charge is 0.411 e. The molecule has 1 heterocycles. The van der Waals surface area contributed by atoms with E-state index in [2.05, 4.69) is 44.1 Å². The minimum Gasteiger partial charge on any atom is -0.411 e. The zero-order valence-corrected chi connectivity index (χ0v) is 11.0. The van der Waals surface area contributed by atoms with Crippen LogP contribution < -0.4 is 0 Å². The van der Waals surface area contributed by atoms with Gasteiger partial charge in [-0.05, 0) is 18.1 Å². The van der Waals surface area contributed by atoms with Crippen molar-refractivity contribution in [2.45, 2.75) is 45.5 Å². The van der Waals surface area contributed by atoms with E-state index in [1.807, 2.05) is 0 Å². The molecule has 0 bridgehead atoms. The second-order valence-corrected chi connectivity index (χ2v) is 10.1. The number of hydrogen-bond acceptors (Lipinski definition) is 2. The molecule has 0 aliphatic carbocycles. The van der Waals surface area contributed by atoms with Crippen molar-refractivity contribution in [2.75, 3.05) is 0 Å². The monoisotopic (exact) mass is 230 g/mol. The number of rotatable bonds is 3. The van der Waals surface area contributed by atoms with Crippen molar-refractivity contribution in [3.05, 3.63) is 17.7 Å². The molecule has 0 fully saturated rings. The summed E-state index contributed by atoms with van der Waals surface area (Å²) >= 11 is 0. The fraction of sp³-hybridized carbons (Fsp3) is 0.700. The highest BCUT2D eigenvalue weighted by molar-refractivity contribution is 6.74. The smallest absolute Gasteiger partial charge is 0.192 e. The number of nitrogens with one attached hydrogen (secondary N) is 1. The molecule has 0 saturated heterocycles. The Morgan fingerprint density at radius 1 is 1.47 bits per heavy atom. The van der Waals surface area contributed by atoms with Gasteiger partial charge in [-0.2, -0.15) is 5.10 Å². The molecule has 1 aromatic rings. The SMILES string of the molecule is CC(C)(C)[Si](C)(C)OCc1[nH]ncc1F. The van der Waals surface area contributed by atoms with Gasteiger partial charge in [-0.25, -0.2) is 4.39 Å². The van der Waals surface area contributed by atoms with Crippen molar-refractivity contribution in [1.82, 2.24) is 10.2 Å². The van der Waals surface area contributed by atoms with E-state index in [4.69, 9.17) is 4.43 Å². The fourth-order valence-electron chi connectivity index (χ4n) is 0.869. The van der Waals surface area contributed by atoms with Crippen molar-refractivity contribution in [3.8, 4) is 0 Å². The highest BCUT2D eigenvalue weighted by atomic mass is 28.4. The summed E-state index contributed by atoms with van der Waals surface area (Å²) in [6.45, 7) is 11.0. The molecule has 0 spiro atoms. The van der Waals surface area contributed by atoms with Crippen molar-refractivity contribution < 1.29 is 8.82 Å². The molecule has 86 valence electrons. The van der Waals surface area contributed by atoms with Crippen molar-refractivity contribution in [3.63, 3.8) is 0 Å². The van der Waals surface area contributed by atoms with E-state index in [9.17, 15) is 4.39 Å². The lowest BCUT2D eigenvalue weighted by atomic mass is 10.2. The molecule has 0 unspecified atom stereocenters. The predicted molar refractivity (Wildman–Crippen MR) is 60.5 cm³/mol. The van der Waals surface area contributed by atoms with Crippen molar-refractivity contribution >= 4 is 8.32 Å². The van der Waals surface area contributed by atoms with Gasteiger partial charge >= 0.3 is 0 Å². The summed E-state index contributed by atoms with van der Waals surface area (Å²) in [6, 6.07) is 0. The zero-order valence-electron chi connectivity index (χ0n) is 10.0. The minimum absolute atomic E-state index is 0.142. The molecule has 1 rings (SSSR count). The Labute approximate surface area is 91.2 Å². The van der Waals surface area contributed by atoms with E-state index >= 15 is 0 Å². The van der Waals surface area contributed by atoms with Crippen LogP contribution >= 0.6 is 0 Å². The highest BCUT2D eigenvalue weighted by Gasteiger charge is 2.37. The maximum absolute atomic E-state index is 13.1. The molecular formula is C10H19FN2OSi. The van der Waals surface area contributed by atoms with Gasteiger partial charge in [0.2, 0.25) is 0 Å². The molecule has 5 heteroatoms. The van der Waals surface area contributed by atoms with Crippen LogP contribution in [0.15, 0.2) is 6.20 Å². The molecule has 0 amide bonds. The van der Waals surface area contributed by atoms with Crippen molar-refractivity contribution in [1.29, 1.82) is 0 Å². The van der Waals surface area contributed by atoms with Gasteiger partial charge in [0.05, 0.1) is 18.5 Å². The first-order valence-electron chi connectivity index (χ1n) is 5.06. The van der Waals surface area contributed by atoms with Crippen LogP contribution in [0, 0.1) is 5.82 Å². The summed E-state index contributed by atoms with van der Waals surface area (Å²) in [7, 11) is -1.80. The minimum atomic E-state index is -1.80. The number of hydrogen-bond donors (Lipinski definition) is 1. The maximum Gasteiger partial charge on any atom is 0.192 e. The maximum atomic E-state index is 13.1. The second-order valence-electron chi connectivity index (χ2n) is 5.25. The predicted octanol–water partition coefficient (Wildman–Crippen LogP) is 3.07. The highest BCUT2D eigenvalue weighted by Crippen LogP contribution is 2.36. The molecule has 15 heavy (non-hydrogen) atoms. The molecule has 0 atom stereocenters. The van der Waals surface area contributed by atoms with Crippen LogP contribution in [0.3, 0.4) is 0 Å². The van der Waals surface area contributed by atoms with E-state index < -0.39 is 8.32 Å². The van der Waals surface area contributed by atoms with E-state index in [1.165, 1.54) is 6.20 Å². The first-order valence-corrected chi connectivity index (χ1v) is 7.96. The first kappa shape index (κ1) is 12.4. The normalized spacial score (nSPS) is 13.2. The van der Waals surface area contributed by atoms with Gasteiger partial charge in [0.25, 0.3) is 0 Å². The number of H-pyrrole nitrogens is 1. The fourth-order valence-corrected chi connectivity index (χ4v) is 1.81. The van der Waals surface area contributed by atoms with E-state index in [1.54, 1.807) is 0 Å². The Morgan fingerprint density at radius 2 is 2.07 bits per heavy atom. The number of nitrogens with zero attached hydrogens (tertiary/aromatic N) is 1. The third-order valence-corrected chi connectivity index (χ3v) is 7.53. The molecule has 3 nitrogen and oxygen atoms in total. The van der Waals surface area contributed by atoms with E-state index in [-0.39, 0.29) is 17.5 Å². The summed E-state index contributed by atoms with van der Waals surface area (Å²) in [6.07, 6.45) is 1.17. The Morgan fingerprint density at radius 3 is 2.47 bits per heavy atom. The van der Waals surface area contributed by atoms with Gasteiger partial charge < -0.3 is 4.43 Å². The average Bonchev–Trinajstić information content (AvgIpc) is 2.46. The average molecular weight is 230 g/mol. The molecule has 1 N–H and O–H groups in total. The Bertz CT molecular complexity index is 330. The van der Waals surface area contributed by atoms with Crippen LogP contribution in [0.5, 0.6) is 0 Å². The molecule has 0 radical (unpaired) electrons. The summed E-state index contributed by atoms with van der Waals surface area (Å²) in [5, 5.41) is 6.36. The van der Waals surface area contributed by atoms with Gasteiger partial charge in [0.1, 0.15) is 0 Å². The summed E-state index contributed by atoms with van der Waals surface area (Å²) < 4.78 is 18.9. The van der Waals surface area contributed by atoms with Gasteiger partial charge in [0, 0.05) is 0 Å². The van der Waals surface area contributed by atoms with Crippen LogP contribution in [0.25, 0.3) is 0 Å². The second kappa shape index (κ2) is 4.06. The van der Waals surface area contributed by atoms with Crippen LogP contribution in [0.2, 0.25) is 18.1 Å². The van der Waals surface area contributed by atoms with Crippen LogP contribution in [-0.4, -0.2) is 18.5 Å². The topological polar surface area (TPSA) is 37.9 Å². The van der Waals surface area contributed by atoms with Crippen LogP contribution in [0.4, 0.5) is 4.39 Å². The van der Waals surface area contributed by atoms with Crippen LogP contribution in [-0.2, 0) is 11.0 Å². The van der Waals surface area contributed by atoms with Crippen LogP contribution in [0.1, 0.15) is 26.5 Å². The lowest BCUT2D eigenvalue weighted by Crippen LogP contribution is -2.40. The van der Waals surface area contributed by atoms with Gasteiger partial charge in [0.15, 0.2) is 14.1 Å². The number of aromatic amines is 1. The molecule has 1 aromatic heterocycles. The Balaban J connectivity index is 2.61. The van der Waals surface area contributed by atoms with E-state index in [0.717, 1.165) is 0 Å². The van der Waals surface area contributed by atoms with Gasteiger partial charge in [-0.15, -0.1) is 0 Å². The van der Waals surface area contributed by atoms with Gasteiger partial charge in [-0.3, -0.25) is 5.10 Å². The number of halogens is 1. The third kappa shape index (κ3) is 2.88. The molecular weight excluding hydrogens is 211 g/mol. The van der Waals surface area contributed by atoms with E-state index in [0.29, 0.717) is 5.69 Å².